The second-order valence-corrected chi connectivity index (χ2v) is 10.3. The van der Waals surface area contributed by atoms with E-state index in [0.717, 1.165) is 18.1 Å². The second kappa shape index (κ2) is 6.85. The maximum atomic E-state index is 12.1. The number of aromatic nitrogens is 1. The molecule has 0 unspecified atom stereocenters. The summed E-state index contributed by atoms with van der Waals surface area (Å²) in [7, 11) is 1.71. The van der Waals surface area contributed by atoms with Crippen molar-refractivity contribution in [3.63, 3.8) is 0 Å². The zero-order chi connectivity index (χ0) is 20.2. The van der Waals surface area contributed by atoms with Gasteiger partial charge < -0.3 is 9.47 Å². The fourth-order valence-electron chi connectivity index (χ4n) is 7.60. The van der Waals surface area contributed by atoms with Gasteiger partial charge in [-0.15, -0.1) is 0 Å². The molecule has 29 heavy (non-hydrogen) atoms. The molecule has 1 aliphatic heterocycles. The first-order chi connectivity index (χ1) is 14.0. The van der Waals surface area contributed by atoms with Crippen molar-refractivity contribution in [3.05, 3.63) is 30.1 Å². The Hall–Kier alpha value is -1.84. The minimum Gasteiger partial charge on any atom is -0.495 e. The number of pyridine rings is 1. The highest BCUT2D eigenvalue weighted by Gasteiger charge is 2.58. The van der Waals surface area contributed by atoms with Crippen LogP contribution in [0.5, 0.6) is 5.75 Å². The molecular formula is C25H33NO3. The van der Waals surface area contributed by atoms with Crippen LogP contribution in [0.25, 0.3) is 5.57 Å². The molecule has 0 spiro atoms. The summed E-state index contributed by atoms with van der Waals surface area (Å²) in [4.78, 5) is 16.5. The first-order valence-electron chi connectivity index (χ1n) is 11.3. The van der Waals surface area contributed by atoms with E-state index in [4.69, 9.17) is 9.47 Å². The van der Waals surface area contributed by atoms with E-state index in [1.807, 2.05) is 6.20 Å². The molecule has 0 aromatic carbocycles. The number of carbonyl (C=O) groups is 1. The van der Waals surface area contributed by atoms with Gasteiger partial charge >= 0.3 is 5.97 Å². The van der Waals surface area contributed by atoms with Gasteiger partial charge in [-0.1, -0.05) is 19.9 Å². The van der Waals surface area contributed by atoms with Crippen LogP contribution in [0, 0.1) is 34.5 Å². The predicted octanol–water partition coefficient (Wildman–Crippen LogP) is 5.28. The zero-order valence-electron chi connectivity index (χ0n) is 17.9. The average molecular weight is 396 g/mol. The maximum absolute atomic E-state index is 12.1. The smallest absolute Gasteiger partial charge is 0.306 e. The van der Waals surface area contributed by atoms with E-state index in [1.54, 1.807) is 13.3 Å². The molecule has 3 aliphatic carbocycles. The van der Waals surface area contributed by atoms with Gasteiger partial charge in [0.2, 0.25) is 0 Å². The molecule has 6 atom stereocenters. The number of cyclic esters (lactones) is 1. The largest absolute Gasteiger partial charge is 0.495 e. The molecule has 1 saturated heterocycles. The number of methoxy groups -OCH3 is 1. The third-order valence-corrected chi connectivity index (χ3v) is 9.22. The minimum atomic E-state index is 0.0215. The molecule has 4 heteroatoms. The van der Waals surface area contributed by atoms with E-state index < -0.39 is 0 Å². The SMILES string of the molecule is COc1cncc(C2=CC[C@H]3[C@@H]4CC[C@H]5CC(=O)OCC[C@]5(C)[C@H]4CC[C@]23C)c1. The number of nitrogens with zero attached hydrogens (tertiary/aromatic N) is 1. The molecule has 4 aliphatic rings. The molecule has 156 valence electrons. The quantitative estimate of drug-likeness (QED) is 0.639. The summed E-state index contributed by atoms with van der Waals surface area (Å²) in [6, 6.07) is 2.14. The monoisotopic (exact) mass is 395 g/mol. The van der Waals surface area contributed by atoms with E-state index in [1.165, 1.54) is 43.2 Å². The van der Waals surface area contributed by atoms with Crippen molar-refractivity contribution in [1.29, 1.82) is 0 Å². The number of esters is 1. The summed E-state index contributed by atoms with van der Waals surface area (Å²) in [5.74, 6) is 3.51. The Kier molecular flexibility index (Phi) is 4.52. The fourth-order valence-corrected chi connectivity index (χ4v) is 7.60. The Balaban J connectivity index is 1.44. The van der Waals surface area contributed by atoms with E-state index in [0.29, 0.717) is 30.8 Å². The summed E-state index contributed by atoms with van der Waals surface area (Å²) in [5, 5.41) is 0. The Morgan fingerprint density at radius 1 is 1.14 bits per heavy atom. The molecule has 0 N–H and O–H groups in total. The molecule has 0 radical (unpaired) electrons. The number of rotatable bonds is 2. The van der Waals surface area contributed by atoms with Gasteiger partial charge in [0.1, 0.15) is 5.75 Å². The van der Waals surface area contributed by atoms with Crippen molar-refractivity contribution in [2.45, 2.75) is 58.8 Å². The van der Waals surface area contributed by atoms with Crippen LogP contribution in [0.2, 0.25) is 0 Å². The average Bonchev–Trinajstić information content (AvgIpc) is 2.99. The third kappa shape index (κ3) is 2.85. The van der Waals surface area contributed by atoms with Crippen LogP contribution in [-0.2, 0) is 9.53 Å². The highest BCUT2D eigenvalue weighted by atomic mass is 16.5. The van der Waals surface area contributed by atoms with Crippen molar-refractivity contribution >= 4 is 11.5 Å². The number of fused-ring (bicyclic) bond motifs is 5. The number of allylic oxidation sites excluding steroid dienone is 2. The Morgan fingerprint density at radius 3 is 2.83 bits per heavy atom. The molecule has 5 rings (SSSR count). The first-order valence-corrected chi connectivity index (χ1v) is 11.3. The van der Waals surface area contributed by atoms with Crippen molar-refractivity contribution < 1.29 is 14.3 Å². The zero-order valence-corrected chi connectivity index (χ0v) is 17.9. The van der Waals surface area contributed by atoms with Crippen molar-refractivity contribution in [2.75, 3.05) is 13.7 Å². The van der Waals surface area contributed by atoms with Gasteiger partial charge in [0.05, 0.1) is 19.9 Å². The van der Waals surface area contributed by atoms with E-state index >= 15 is 0 Å². The van der Waals surface area contributed by atoms with Gasteiger partial charge in [-0.25, -0.2) is 0 Å². The summed E-state index contributed by atoms with van der Waals surface area (Å²) >= 11 is 0. The van der Waals surface area contributed by atoms with Crippen LogP contribution in [0.3, 0.4) is 0 Å². The van der Waals surface area contributed by atoms with Crippen LogP contribution < -0.4 is 4.74 Å². The highest BCUT2D eigenvalue weighted by molar-refractivity contribution is 5.73. The highest BCUT2D eigenvalue weighted by Crippen LogP contribution is 2.66. The standard InChI is InChI=1S/C25H33NO3/c1-24-10-11-29-23(27)13-17(24)4-5-19-21-7-6-20(25(21,2)9-8-22(19)24)16-12-18(28-3)15-26-14-16/h6,12,14-15,17,19,21-22H,4-5,7-11,13H2,1-3H3/t17-,19-,21-,22-,24-,25+/m0/s1. The minimum absolute atomic E-state index is 0.0215. The van der Waals surface area contributed by atoms with Gasteiger partial charge in [-0.3, -0.25) is 9.78 Å². The number of hydrogen-bond acceptors (Lipinski definition) is 4. The Bertz CT molecular complexity index is 848. The van der Waals surface area contributed by atoms with Gasteiger partial charge in [0.15, 0.2) is 0 Å². The second-order valence-electron chi connectivity index (χ2n) is 10.3. The molecule has 3 fully saturated rings. The van der Waals surface area contributed by atoms with Gasteiger partial charge in [0, 0.05) is 12.6 Å². The lowest BCUT2D eigenvalue weighted by Gasteiger charge is -2.58. The topological polar surface area (TPSA) is 48.4 Å². The number of ether oxygens (including phenoxy) is 2. The molecule has 1 aromatic heterocycles. The maximum Gasteiger partial charge on any atom is 0.306 e. The van der Waals surface area contributed by atoms with Crippen LogP contribution in [0.1, 0.15) is 64.4 Å². The number of hydrogen-bond donors (Lipinski definition) is 0. The summed E-state index contributed by atoms with van der Waals surface area (Å²) < 4.78 is 10.9. The lowest BCUT2D eigenvalue weighted by Crippen LogP contribution is -2.51. The van der Waals surface area contributed by atoms with Gasteiger partial charge in [0.25, 0.3) is 0 Å². The molecule has 0 amide bonds. The van der Waals surface area contributed by atoms with Crippen molar-refractivity contribution in [2.24, 2.45) is 34.5 Å². The van der Waals surface area contributed by atoms with Crippen LogP contribution in [0.15, 0.2) is 24.5 Å². The normalized spacial score (nSPS) is 41.3. The Labute approximate surface area is 174 Å². The van der Waals surface area contributed by atoms with Crippen molar-refractivity contribution in [3.8, 4) is 5.75 Å². The van der Waals surface area contributed by atoms with Crippen LogP contribution >= 0.6 is 0 Å². The third-order valence-electron chi connectivity index (χ3n) is 9.22. The first kappa shape index (κ1) is 19.1. The molecule has 4 nitrogen and oxygen atoms in total. The van der Waals surface area contributed by atoms with Crippen molar-refractivity contribution in [1.82, 2.24) is 4.98 Å². The molecular weight excluding hydrogens is 362 g/mol. The summed E-state index contributed by atoms with van der Waals surface area (Å²) in [6.45, 7) is 5.56. The Morgan fingerprint density at radius 2 is 2.00 bits per heavy atom. The summed E-state index contributed by atoms with van der Waals surface area (Å²) in [6.07, 6.45) is 14.0. The molecule has 0 bridgehead atoms. The van der Waals surface area contributed by atoms with Gasteiger partial charge in [-0.2, -0.15) is 0 Å². The fraction of sp³-hybridized carbons (Fsp3) is 0.680. The summed E-state index contributed by atoms with van der Waals surface area (Å²) in [5.41, 5.74) is 3.16. The molecule has 1 aromatic rings. The van der Waals surface area contributed by atoms with Gasteiger partial charge in [-0.05, 0) is 90.2 Å². The lowest BCUT2D eigenvalue weighted by atomic mass is 9.46. The van der Waals surface area contributed by atoms with Crippen LogP contribution in [-0.4, -0.2) is 24.7 Å². The van der Waals surface area contributed by atoms with E-state index in [-0.39, 0.29) is 16.8 Å². The molecule has 2 heterocycles. The lowest BCUT2D eigenvalue weighted by molar-refractivity contribution is -0.143. The van der Waals surface area contributed by atoms with E-state index in [9.17, 15) is 4.79 Å². The van der Waals surface area contributed by atoms with Crippen LogP contribution in [0.4, 0.5) is 0 Å². The predicted molar refractivity (Wildman–Crippen MR) is 112 cm³/mol. The number of carbonyl (C=O) groups excluding carboxylic acids is 1. The molecule has 2 saturated carbocycles. The van der Waals surface area contributed by atoms with E-state index in [2.05, 4.69) is 31.0 Å².